The van der Waals surface area contributed by atoms with E-state index < -0.39 is 0 Å². The smallest absolute Gasteiger partial charge is 0.193 e. The Labute approximate surface area is 181 Å². The predicted octanol–water partition coefficient (Wildman–Crippen LogP) is 4.94. The van der Waals surface area contributed by atoms with Crippen LogP contribution in [0.3, 0.4) is 0 Å². The number of hydrogen-bond donors (Lipinski definition) is 2. The van der Waals surface area contributed by atoms with Crippen LogP contribution in [0.25, 0.3) is 0 Å². The van der Waals surface area contributed by atoms with E-state index in [1.807, 2.05) is 91.9 Å². The van der Waals surface area contributed by atoms with Gasteiger partial charge in [-0.15, -0.1) is 0 Å². The third kappa shape index (κ3) is 4.42. The molecule has 0 aliphatic carbocycles. The van der Waals surface area contributed by atoms with Gasteiger partial charge in [-0.05, 0) is 42.4 Å². The first-order chi connectivity index (χ1) is 14.6. The maximum absolute atomic E-state index is 13.3. The van der Waals surface area contributed by atoms with Crippen molar-refractivity contribution in [2.45, 2.75) is 19.6 Å². The van der Waals surface area contributed by atoms with Crippen LogP contribution in [-0.4, -0.2) is 10.9 Å². The van der Waals surface area contributed by atoms with Gasteiger partial charge in [0.1, 0.15) is 12.4 Å². The van der Waals surface area contributed by atoms with Crippen molar-refractivity contribution in [3.05, 3.63) is 113 Å². The molecule has 0 fully saturated rings. The van der Waals surface area contributed by atoms with Gasteiger partial charge in [-0.2, -0.15) is 0 Å². The first-order valence-corrected chi connectivity index (χ1v) is 10.2. The van der Waals surface area contributed by atoms with E-state index in [-0.39, 0.29) is 11.8 Å². The lowest BCUT2D eigenvalue weighted by molar-refractivity contribution is 0.102. The molecule has 2 N–H and O–H groups in total. The molecular formula is C25H22N2O2S. The Morgan fingerprint density at radius 3 is 2.40 bits per heavy atom. The summed E-state index contributed by atoms with van der Waals surface area (Å²) >= 11 is 5.37. The molecule has 150 valence electrons. The zero-order chi connectivity index (χ0) is 20.9. The van der Waals surface area contributed by atoms with Crippen LogP contribution in [0.2, 0.25) is 0 Å². The number of Topliss-reactive ketones (excluding diaryl/α,β-unsaturated/α-hetero) is 1. The summed E-state index contributed by atoms with van der Waals surface area (Å²) in [4.78, 5) is 13.3. The van der Waals surface area contributed by atoms with Gasteiger partial charge < -0.3 is 15.4 Å². The molecule has 1 heterocycles. The first-order valence-electron chi connectivity index (χ1n) is 9.76. The number of hydrogen-bond acceptors (Lipinski definition) is 3. The van der Waals surface area contributed by atoms with Crippen molar-refractivity contribution in [3.63, 3.8) is 0 Å². The Hall–Kier alpha value is -3.44. The fourth-order valence-corrected chi connectivity index (χ4v) is 3.79. The van der Waals surface area contributed by atoms with Crippen LogP contribution in [0.4, 0.5) is 0 Å². The van der Waals surface area contributed by atoms with Crippen molar-refractivity contribution in [1.29, 1.82) is 0 Å². The lowest BCUT2D eigenvalue weighted by Crippen LogP contribution is -2.44. The van der Waals surface area contributed by atoms with Gasteiger partial charge >= 0.3 is 0 Å². The minimum Gasteiger partial charge on any atom is -0.489 e. The Bertz CT molecular complexity index is 1090. The van der Waals surface area contributed by atoms with E-state index >= 15 is 0 Å². The van der Waals surface area contributed by atoms with Crippen molar-refractivity contribution in [2.75, 3.05) is 0 Å². The number of rotatable bonds is 6. The van der Waals surface area contributed by atoms with Crippen molar-refractivity contribution < 1.29 is 9.53 Å². The highest BCUT2D eigenvalue weighted by Gasteiger charge is 2.30. The number of carbonyl (C=O) groups excluding carboxylic acids is 1. The monoisotopic (exact) mass is 414 g/mol. The summed E-state index contributed by atoms with van der Waals surface area (Å²) in [5.41, 5.74) is 4.07. The minimum absolute atomic E-state index is 0.0313. The summed E-state index contributed by atoms with van der Waals surface area (Å²) in [6.45, 7) is 2.36. The van der Waals surface area contributed by atoms with Gasteiger partial charge in [0.15, 0.2) is 10.9 Å². The van der Waals surface area contributed by atoms with E-state index in [0.717, 1.165) is 22.6 Å². The van der Waals surface area contributed by atoms with Crippen LogP contribution in [0.15, 0.2) is 96.2 Å². The summed E-state index contributed by atoms with van der Waals surface area (Å²) in [6.07, 6.45) is 0. The van der Waals surface area contributed by atoms with Crippen LogP contribution in [-0.2, 0) is 6.61 Å². The molecule has 0 amide bonds. The number of benzene rings is 3. The second-order valence-electron chi connectivity index (χ2n) is 7.11. The number of ketones is 1. The van der Waals surface area contributed by atoms with Gasteiger partial charge in [-0.25, -0.2) is 0 Å². The molecule has 3 aromatic carbocycles. The van der Waals surface area contributed by atoms with Crippen molar-refractivity contribution in [2.24, 2.45) is 0 Å². The molecule has 5 heteroatoms. The SMILES string of the molecule is CC1=C(C(=O)c2ccccc2)[C@@H](c2cccc(OCc3ccccc3)c2)NC(=S)N1. The highest BCUT2D eigenvalue weighted by Crippen LogP contribution is 2.31. The number of allylic oxidation sites excluding steroid dienone is 1. The Kier molecular flexibility index (Phi) is 5.91. The van der Waals surface area contributed by atoms with Gasteiger partial charge in [0, 0.05) is 16.8 Å². The molecule has 0 bridgehead atoms. The van der Waals surface area contributed by atoms with E-state index in [1.165, 1.54) is 0 Å². The zero-order valence-electron chi connectivity index (χ0n) is 16.6. The molecule has 30 heavy (non-hydrogen) atoms. The molecule has 1 aliphatic rings. The van der Waals surface area contributed by atoms with Gasteiger partial charge in [-0.1, -0.05) is 72.8 Å². The minimum atomic E-state index is -0.355. The summed E-state index contributed by atoms with van der Waals surface area (Å²) in [5, 5.41) is 6.84. The second-order valence-corrected chi connectivity index (χ2v) is 7.52. The van der Waals surface area contributed by atoms with E-state index in [4.69, 9.17) is 17.0 Å². The van der Waals surface area contributed by atoms with Gasteiger partial charge in [0.05, 0.1) is 6.04 Å². The van der Waals surface area contributed by atoms with Crippen molar-refractivity contribution in [1.82, 2.24) is 10.6 Å². The third-order valence-corrected chi connectivity index (χ3v) is 5.21. The lowest BCUT2D eigenvalue weighted by atomic mass is 9.89. The van der Waals surface area contributed by atoms with Crippen LogP contribution >= 0.6 is 12.2 Å². The Morgan fingerprint density at radius 2 is 1.67 bits per heavy atom. The van der Waals surface area contributed by atoms with E-state index in [0.29, 0.717) is 22.9 Å². The Morgan fingerprint density at radius 1 is 0.967 bits per heavy atom. The van der Waals surface area contributed by atoms with Gasteiger partial charge in [0.25, 0.3) is 0 Å². The summed E-state index contributed by atoms with van der Waals surface area (Å²) in [6, 6.07) is 26.7. The quantitative estimate of drug-likeness (QED) is 0.442. The fourth-order valence-electron chi connectivity index (χ4n) is 3.51. The highest BCUT2D eigenvalue weighted by atomic mass is 32.1. The van der Waals surface area contributed by atoms with E-state index in [9.17, 15) is 4.79 Å². The lowest BCUT2D eigenvalue weighted by Gasteiger charge is -2.30. The summed E-state index contributed by atoms with van der Waals surface area (Å²) < 4.78 is 5.98. The van der Waals surface area contributed by atoms with Crippen LogP contribution in [0, 0.1) is 0 Å². The van der Waals surface area contributed by atoms with E-state index in [1.54, 1.807) is 0 Å². The molecule has 0 saturated heterocycles. The number of nitrogens with one attached hydrogen (secondary N) is 2. The van der Waals surface area contributed by atoms with Crippen molar-refractivity contribution >= 4 is 23.1 Å². The highest BCUT2D eigenvalue weighted by molar-refractivity contribution is 7.80. The van der Waals surface area contributed by atoms with E-state index in [2.05, 4.69) is 10.6 Å². The first kappa shape index (κ1) is 19.9. The third-order valence-electron chi connectivity index (χ3n) is 4.99. The second kappa shape index (κ2) is 8.93. The molecule has 0 radical (unpaired) electrons. The average molecular weight is 415 g/mol. The standard InChI is InChI=1S/C25H22N2O2S/c1-17-22(24(28)19-11-6-3-7-12-19)23(27-25(30)26-17)20-13-8-14-21(15-20)29-16-18-9-4-2-5-10-18/h2-15,23H,16H2,1H3,(H2,26,27,30)/t23-/m1/s1. The molecule has 0 unspecified atom stereocenters. The number of carbonyl (C=O) groups is 1. The zero-order valence-corrected chi connectivity index (χ0v) is 17.4. The molecule has 4 rings (SSSR count). The molecular weight excluding hydrogens is 392 g/mol. The maximum Gasteiger partial charge on any atom is 0.193 e. The molecule has 4 nitrogen and oxygen atoms in total. The van der Waals surface area contributed by atoms with Gasteiger partial charge in [0.2, 0.25) is 0 Å². The molecule has 3 aromatic rings. The predicted molar refractivity (Wildman–Crippen MR) is 122 cm³/mol. The molecule has 0 spiro atoms. The molecule has 0 saturated carbocycles. The average Bonchev–Trinajstić information content (AvgIpc) is 2.78. The van der Waals surface area contributed by atoms with Crippen LogP contribution < -0.4 is 15.4 Å². The number of ether oxygens (including phenoxy) is 1. The fraction of sp³-hybridized carbons (Fsp3) is 0.120. The van der Waals surface area contributed by atoms with Gasteiger partial charge in [-0.3, -0.25) is 4.79 Å². The maximum atomic E-state index is 13.3. The Balaban J connectivity index is 1.63. The molecule has 0 aromatic heterocycles. The van der Waals surface area contributed by atoms with Crippen LogP contribution in [0.5, 0.6) is 5.75 Å². The van der Waals surface area contributed by atoms with Crippen LogP contribution in [0.1, 0.15) is 34.5 Å². The topological polar surface area (TPSA) is 50.4 Å². The molecule has 1 aliphatic heterocycles. The normalized spacial score (nSPS) is 15.9. The summed E-state index contributed by atoms with van der Waals surface area (Å²) in [7, 11) is 0. The summed E-state index contributed by atoms with van der Waals surface area (Å²) in [5.74, 6) is 0.711. The number of thiocarbonyl (C=S) groups is 1. The molecule has 1 atom stereocenters. The van der Waals surface area contributed by atoms with Crippen molar-refractivity contribution in [3.8, 4) is 5.75 Å². The largest absolute Gasteiger partial charge is 0.489 e.